The lowest BCUT2D eigenvalue weighted by Crippen LogP contribution is -2.25. The number of aromatic nitrogens is 4. The fraction of sp³-hybridized carbons (Fsp3) is 0.267. The number of anilines is 2. The van der Waals surface area contributed by atoms with Crippen LogP contribution in [0.4, 0.5) is 20.2 Å². The minimum absolute atomic E-state index is 0.0171. The highest BCUT2D eigenvalue weighted by Gasteiger charge is 2.19. The molecule has 0 fully saturated rings. The van der Waals surface area contributed by atoms with Gasteiger partial charge in [0.05, 0.1) is 22.0 Å². The molecule has 0 spiro atoms. The van der Waals surface area contributed by atoms with Crippen molar-refractivity contribution in [3.8, 4) is 11.4 Å². The van der Waals surface area contributed by atoms with Crippen LogP contribution in [-0.2, 0) is 11.3 Å². The summed E-state index contributed by atoms with van der Waals surface area (Å²) in [6.45, 7) is 0.801. The average molecular weight is 673 g/mol. The van der Waals surface area contributed by atoms with Crippen LogP contribution < -0.4 is 16.0 Å². The minimum atomic E-state index is -1.16. The Morgan fingerprint density at radius 1 is 0.860 bits per heavy atom. The van der Waals surface area contributed by atoms with E-state index >= 15 is 0 Å². The molecule has 4 rings (SSSR count). The highest BCUT2D eigenvalue weighted by Crippen LogP contribution is 2.32. The van der Waals surface area contributed by atoms with Crippen molar-refractivity contribution in [1.29, 1.82) is 0 Å². The number of halogens is 4. The van der Waals surface area contributed by atoms with Gasteiger partial charge in [-0.3, -0.25) is 9.59 Å². The van der Waals surface area contributed by atoms with E-state index in [1.54, 1.807) is 18.2 Å². The van der Waals surface area contributed by atoms with Crippen LogP contribution in [0.25, 0.3) is 11.4 Å². The number of amides is 2. The number of hydrogen-bond donors (Lipinski definition) is 3. The molecule has 0 aliphatic heterocycles. The van der Waals surface area contributed by atoms with Gasteiger partial charge in [-0.15, -0.1) is 20.4 Å². The molecule has 2 amide bonds. The Balaban J connectivity index is 1.12. The van der Waals surface area contributed by atoms with Crippen LogP contribution in [0.2, 0.25) is 5.02 Å². The van der Waals surface area contributed by atoms with E-state index < -0.39 is 17.5 Å². The fourth-order valence-electron chi connectivity index (χ4n) is 4.21. The summed E-state index contributed by atoms with van der Waals surface area (Å²) >= 11 is 9.50. The summed E-state index contributed by atoms with van der Waals surface area (Å²) in [5, 5.41) is 24.0. The van der Waals surface area contributed by atoms with Crippen LogP contribution in [0.3, 0.4) is 0 Å². The third-order valence-corrected chi connectivity index (χ3v) is 7.31. The number of unbranched alkanes of at least 4 members (excludes halogenated alkanes) is 4. The molecule has 3 N–H and O–H groups in total. The quantitative estimate of drug-likeness (QED) is 0.127. The molecular formula is C30H29BrClF2N7O2. The molecule has 1 heterocycles. The lowest BCUT2D eigenvalue weighted by molar-refractivity contribution is -0.121. The van der Waals surface area contributed by atoms with Crippen molar-refractivity contribution in [3.63, 3.8) is 0 Å². The van der Waals surface area contributed by atoms with Crippen LogP contribution in [0, 0.1) is 11.6 Å². The Kier molecular flexibility index (Phi) is 11.9. The molecule has 224 valence electrons. The summed E-state index contributed by atoms with van der Waals surface area (Å²) in [6, 6.07) is 14.6. The van der Waals surface area contributed by atoms with Crippen molar-refractivity contribution in [3.05, 3.63) is 93.2 Å². The Hall–Kier alpha value is -4.03. The number of nitrogens with zero attached hydrogens (tertiary/aromatic N) is 4. The molecule has 9 nitrogen and oxygen atoms in total. The lowest BCUT2D eigenvalue weighted by Gasteiger charge is -2.15. The van der Waals surface area contributed by atoms with Crippen LogP contribution in [-0.4, -0.2) is 38.8 Å². The maximum absolute atomic E-state index is 14.6. The SMILES string of the molecule is O=C(CCCCCCCNC(=O)c1ccc(F)c(F)c1Nc1ccc(Br)cc1Cl)NCc1ccc(-c2nncnn2)cc1. The molecule has 0 bridgehead atoms. The van der Waals surface area contributed by atoms with Gasteiger partial charge in [-0.25, -0.2) is 8.78 Å². The summed E-state index contributed by atoms with van der Waals surface area (Å²) in [7, 11) is 0. The Morgan fingerprint density at radius 3 is 2.33 bits per heavy atom. The van der Waals surface area contributed by atoms with Gasteiger partial charge in [0.25, 0.3) is 5.91 Å². The molecule has 3 aromatic carbocycles. The predicted octanol–water partition coefficient (Wildman–Crippen LogP) is 6.76. The number of carbonyl (C=O) groups excluding carboxylic acids is 2. The number of nitrogens with one attached hydrogen (secondary N) is 3. The fourth-order valence-corrected chi connectivity index (χ4v) is 4.93. The molecule has 1 aromatic heterocycles. The van der Waals surface area contributed by atoms with E-state index in [4.69, 9.17) is 11.6 Å². The second-order valence-corrected chi connectivity index (χ2v) is 11.0. The third kappa shape index (κ3) is 9.48. The van der Waals surface area contributed by atoms with E-state index in [1.807, 2.05) is 24.3 Å². The van der Waals surface area contributed by atoms with Gasteiger partial charge in [0.1, 0.15) is 0 Å². The summed E-state index contributed by atoms with van der Waals surface area (Å²) in [6.07, 6.45) is 5.78. The van der Waals surface area contributed by atoms with E-state index in [1.165, 1.54) is 12.4 Å². The van der Waals surface area contributed by atoms with Crippen molar-refractivity contribution < 1.29 is 18.4 Å². The summed E-state index contributed by atoms with van der Waals surface area (Å²) in [5.74, 6) is -2.35. The van der Waals surface area contributed by atoms with Gasteiger partial charge in [0.2, 0.25) is 11.7 Å². The average Bonchev–Trinajstić information content (AvgIpc) is 3.01. The smallest absolute Gasteiger partial charge is 0.253 e. The van der Waals surface area contributed by atoms with Crippen LogP contribution >= 0.6 is 27.5 Å². The van der Waals surface area contributed by atoms with E-state index in [9.17, 15) is 18.4 Å². The zero-order valence-corrected chi connectivity index (χ0v) is 25.4. The van der Waals surface area contributed by atoms with E-state index in [0.717, 1.165) is 47.3 Å². The van der Waals surface area contributed by atoms with E-state index in [2.05, 4.69) is 52.3 Å². The molecule has 0 radical (unpaired) electrons. The minimum Gasteiger partial charge on any atom is -0.352 e. The number of rotatable bonds is 14. The number of carbonyl (C=O) groups is 2. The van der Waals surface area contributed by atoms with Crippen molar-refractivity contribution in [2.45, 2.75) is 45.1 Å². The zero-order chi connectivity index (χ0) is 30.6. The number of benzene rings is 3. The van der Waals surface area contributed by atoms with Gasteiger partial charge in [-0.05, 0) is 48.7 Å². The van der Waals surface area contributed by atoms with Crippen LogP contribution in [0.1, 0.15) is 54.4 Å². The first kappa shape index (κ1) is 31.9. The highest BCUT2D eigenvalue weighted by molar-refractivity contribution is 9.10. The van der Waals surface area contributed by atoms with Crippen molar-refractivity contribution in [2.75, 3.05) is 11.9 Å². The van der Waals surface area contributed by atoms with Crippen molar-refractivity contribution >= 4 is 50.7 Å². The third-order valence-electron chi connectivity index (χ3n) is 6.51. The van der Waals surface area contributed by atoms with Gasteiger partial charge >= 0.3 is 0 Å². The normalized spacial score (nSPS) is 10.8. The predicted molar refractivity (Wildman–Crippen MR) is 164 cm³/mol. The van der Waals surface area contributed by atoms with E-state index in [-0.39, 0.29) is 22.2 Å². The Bertz CT molecular complexity index is 1550. The molecule has 4 aromatic rings. The summed E-state index contributed by atoms with van der Waals surface area (Å²) in [5.41, 5.74) is 1.78. The molecule has 13 heteroatoms. The highest BCUT2D eigenvalue weighted by atomic mass is 79.9. The molecule has 0 aliphatic rings. The van der Waals surface area contributed by atoms with Gasteiger partial charge in [0, 0.05) is 29.5 Å². The standard InChI is InChI=1S/C30H29BrClF2N7O2/c31-21-11-14-25(23(32)16-21)39-28-22(12-13-24(33)27(28)34)30(43)35-15-5-3-1-2-4-6-26(42)36-17-19-7-9-20(10-8-19)29-40-37-18-38-41-29/h7-14,16,18,39H,1-6,15,17H2,(H,35,43)(H,36,42). The molecule has 0 aliphatic carbocycles. The molecule has 0 atom stereocenters. The van der Waals surface area contributed by atoms with Crippen LogP contribution in [0.5, 0.6) is 0 Å². The second-order valence-electron chi connectivity index (χ2n) is 9.65. The largest absolute Gasteiger partial charge is 0.352 e. The van der Waals surface area contributed by atoms with Gasteiger partial charge in [-0.1, -0.05) is 71.1 Å². The molecule has 0 saturated heterocycles. The van der Waals surface area contributed by atoms with Crippen molar-refractivity contribution in [2.24, 2.45) is 0 Å². The Labute approximate surface area is 261 Å². The molecule has 0 unspecified atom stereocenters. The summed E-state index contributed by atoms with van der Waals surface area (Å²) in [4.78, 5) is 25.0. The first-order valence-electron chi connectivity index (χ1n) is 13.7. The Morgan fingerprint density at radius 2 is 1.58 bits per heavy atom. The van der Waals surface area contributed by atoms with Gasteiger partial charge < -0.3 is 16.0 Å². The maximum Gasteiger partial charge on any atom is 0.253 e. The summed E-state index contributed by atoms with van der Waals surface area (Å²) < 4.78 is 29.3. The molecule has 0 saturated carbocycles. The molecule has 43 heavy (non-hydrogen) atoms. The first-order valence-corrected chi connectivity index (χ1v) is 14.8. The van der Waals surface area contributed by atoms with E-state index in [0.29, 0.717) is 37.4 Å². The lowest BCUT2D eigenvalue weighted by atomic mass is 10.1. The van der Waals surface area contributed by atoms with Crippen LogP contribution in [0.15, 0.2) is 65.4 Å². The zero-order valence-electron chi connectivity index (χ0n) is 23.0. The second kappa shape index (κ2) is 16.0. The van der Waals surface area contributed by atoms with Gasteiger partial charge in [-0.2, -0.15) is 0 Å². The molecular weight excluding hydrogens is 644 g/mol. The number of hydrogen-bond acceptors (Lipinski definition) is 7. The maximum atomic E-state index is 14.6. The van der Waals surface area contributed by atoms with Crippen molar-refractivity contribution in [1.82, 2.24) is 31.0 Å². The first-order chi connectivity index (χ1) is 20.8. The topological polar surface area (TPSA) is 122 Å². The van der Waals surface area contributed by atoms with Gasteiger partial charge in [0.15, 0.2) is 18.0 Å². The monoisotopic (exact) mass is 671 g/mol.